The molecule has 0 fully saturated rings. The summed E-state index contributed by atoms with van der Waals surface area (Å²) >= 11 is 0. The first-order chi connectivity index (χ1) is 5.27. The third-order valence-corrected chi connectivity index (χ3v) is 2.02. The van der Waals surface area contributed by atoms with Gasteiger partial charge in [-0.05, 0) is 24.5 Å². The van der Waals surface area contributed by atoms with Crippen molar-refractivity contribution in [2.24, 2.45) is 0 Å². The van der Waals surface area contributed by atoms with Crippen LogP contribution in [0.15, 0.2) is 18.2 Å². The van der Waals surface area contributed by atoms with E-state index in [0.29, 0.717) is 0 Å². The smallest absolute Gasteiger partial charge is 0.258 e. The largest absolute Gasteiger partial charge is 0.272 e. The van der Waals surface area contributed by atoms with Crippen molar-refractivity contribution in [2.75, 3.05) is 0 Å². The maximum atomic E-state index is 10.4. The molecule has 2 rings (SSSR count). The minimum Gasteiger partial charge on any atom is -0.258 e. The summed E-state index contributed by atoms with van der Waals surface area (Å²) in [5, 5.41) is 10.4. The van der Waals surface area contributed by atoms with E-state index in [0.717, 1.165) is 18.4 Å². The molecule has 3 heteroatoms. The predicted octanol–water partition coefficient (Wildman–Crippen LogP) is 1.69. The van der Waals surface area contributed by atoms with E-state index in [2.05, 4.69) is 0 Å². The molecule has 0 heterocycles. The SMILES string of the molecule is O=[N+]([O-])c1ccc2cc1CC2. The Hall–Kier alpha value is -1.38. The number of rotatable bonds is 1. The number of hydrogen-bond acceptors (Lipinski definition) is 2. The second-order valence-electron chi connectivity index (χ2n) is 2.72. The first kappa shape index (κ1) is 6.34. The van der Waals surface area contributed by atoms with Crippen LogP contribution >= 0.6 is 0 Å². The minimum absolute atomic E-state index is 0.270. The van der Waals surface area contributed by atoms with E-state index in [4.69, 9.17) is 0 Å². The van der Waals surface area contributed by atoms with Gasteiger partial charge in [0.15, 0.2) is 0 Å². The Kier molecular flexibility index (Phi) is 1.18. The molecule has 0 saturated carbocycles. The zero-order valence-electron chi connectivity index (χ0n) is 5.91. The van der Waals surface area contributed by atoms with Crippen molar-refractivity contribution >= 4 is 5.69 Å². The topological polar surface area (TPSA) is 43.1 Å². The number of nitro groups is 1. The lowest BCUT2D eigenvalue weighted by Gasteiger charge is -1.92. The minimum atomic E-state index is -0.315. The van der Waals surface area contributed by atoms with Crippen LogP contribution < -0.4 is 0 Å². The van der Waals surface area contributed by atoms with E-state index in [1.807, 2.05) is 12.1 Å². The molecule has 0 unspecified atom stereocenters. The summed E-state index contributed by atoms with van der Waals surface area (Å²) in [5.41, 5.74) is 2.37. The summed E-state index contributed by atoms with van der Waals surface area (Å²) in [4.78, 5) is 10.1. The number of aryl methyl sites for hydroxylation is 2. The number of hydrogen-bond donors (Lipinski definition) is 0. The lowest BCUT2D eigenvalue weighted by Crippen LogP contribution is -1.90. The van der Waals surface area contributed by atoms with Crippen LogP contribution in [0.5, 0.6) is 0 Å². The molecule has 0 aromatic heterocycles. The van der Waals surface area contributed by atoms with Gasteiger partial charge in [-0.25, -0.2) is 0 Å². The molecule has 0 atom stereocenters. The maximum Gasteiger partial charge on any atom is 0.272 e. The lowest BCUT2D eigenvalue weighted by atomic mass is 10.2. The standard InChI is InChI=1S/C8H7NO2/c10-9(11)8-4-2-6-1-3-7(8)5-6/h2,4-5H,1,3H2. The number of fused-ring (bicyclic) bond motifs is 2. The number of benzene rings is 1. The molecule has 0 saturated heterocycles. The fraction of sp³-hybridized carbons (Fsp3) is 0.250. The van der Waals surface area contributed by atoms with Crippen LogP contribution in [0.25, 0.3) is 0 Å². The van der Waals surface area contributed by atoms with Gasteiger partial charge in [0.1, 0.15) is 0 Å². The maximum absolute atomic E-state index is 10.4. The van der Waals surface area contributed by atoms with Crippen LogP contribution in [0.2, 0.25) is 0 Å². The van der Waals surface area contributed by atoms with Crippen LogP contribution in [0.1, 0.15) is 11.1 Å². The van der Waals surface area contributed by atoms with Crippen LogP contribution in [-0.4, -0.2) is 4.92 Å². The van der Waals surface area contributed by atoms with Crippen molar-refractivity contribution in [3.63, 3.8) is 0 Å². The van der Waals surface area contributed by atoms with E-state index < -0.39 is 0 Å². The molecule has 1 aromatic carbocycles. The molecule has 0 spiro atoms. The molecular weight excluding hydrogens is 142 g/mol. The van der Waals surface area contributed by atoms with Crippen molar-refractivity contribution in [2.45, 2.75) is 12.8 Å². The van der Waals surface area contributed by atoms with E-state index in [9.17, 15) is 10.1 Å². The van der Waals surface area contributed by atoms with Crippen molar-refractivity contribution < 1.29 is 4.92 Å². The molecule has 0 radical (unpaired) electrons. The summed E-state index contributed by atoms with van der Waals surface area (Å²) in [6.07, 6.45) is 1.79. The van der Waals surface area contributed by atoms with Gasteiger partial charge in [0.2, 0.25) is 0 Å². The Labute approximate surface area is 63.8 Å². The van der Waals surface area contributed by atoms with Crippen LogP contribution in [0.3, 0.4) is 0 Å². The summed E-state index contributed by atoms with van der Waals surface area (Å²) in [6, 6.07) is 5.34. The van der Waals surface area contributed by atoms with Gasteiger partial charge in [0, 0.05) is 11.6 Å². The molecule has 0 N–H and O–H groups in total. The summed E-state index contributed by atoms with van der Waals surface area (Å²) < 4.78 is 0. The highest BCUT2D eigenvalue weighted by Crippen LogP contribution is 2.26. The Morgan fingerprint density at radius 2 is 2.18 bits per heavy atom. The predicted molar refractivity (Wildman–Crippen MR) is 40.5 cm³/mol. The molecule has 3 nitrogen and oxygen atoms in total. The van der Waals surface area contributed by atoms with Gasteiger partial charge in [-0.15, -0.1) is 0 Å². The summed E-state index contributed by atoms with van der Waals surface area (Å²) in [6.45, 7) is 0. The lowest BCUT2D eigenvalue weighted by molar-refractivity contribution is -0.385. The molecule has 2 bridgehead atoms. The highest BCUT2D eigenvalue weighted by molar-refractivity contribution is 5.46. The van der Waals surface area contributed by atoms with Gasteiger partial charge < -0.3 is 0 Å². The average molecular weight is 149 g/mol. The molecule has 1 aliphatic carbocycles. The molecule has 1 aromatic rings. The van der Waals surface area contributed by atoms with Crippen molar-refractivity contribution in [1.82, 2.24) is 0 Å². The zero-order valence-corrected chi connectivity index (χ0v) is 5.91. The van der Waals surface area contributed by atoms with Gasteiger partial charge in [0.25, 0.3) is 5.69 Å². The Balaban J connectivity index is 2.55. The Morgan fingerprint density at radius 1 is 1.36 bits per heavy atom. The van der Waals surface area contributed by atoms with E-state index in [-0.39, 0.29) is 10.6 Å². The molecule has 1 aliphatic rings. The number of nitrogens with zero attached hydrogens (tertiary/aromatic N) is 1. The third kappa shape index (κ3) is 0.888. The Bertz CT molecular complexity index is 320. The van der Waals surface area contributed by atoms with E-state index in [1.165, 1.54) is 5.56 Å². The van der Waals surface area contributed by atoms with Crippen LogP contribution in [-0.2, 0) is 12.8 Å². The highest BCUT2D eigenvalue weighted by Gasteiger charge is 2.18. The molecule has 11 heavy (non-hydrogen) atoms. The second kappa shape index (κ2) is 2.05. The van der Waals surface area contributed by atoms with Crippen molar-refractivity contribution in [1.29, 1.82) is 0 Å². The molecule has 0 amide bonds. The van der Waals surface area contributed by atoms with Crippen molar-refractivity contribution in [3.05, 3.63) is 39.4 Å². The van der Waals surface area contributed by atoms with Gasteiger partial charge in [-0.2, -0.15) is 0 Å². The van der Waals surface area contributed by atoms with Gasteiger partial charge >= 0.3 is 0 Å². The van der Waals surface area contributed by atoms with E-state index >= 15 is 0 Å². The highest BCUT2D eigenvalue weighted by atomic mass is 16.6. The second-order valence-corrected chi connectivity index (χ2v) is 2.72. The monoisotopic (exact) mass is 149 g/mol. The summed E-state index contributed by atoms with van der Waals surface area (Å²) in [7, 11) is 0. The normalized spacial score (nSPS) is 13.5. The van der Waals surface area contributed by atoms with Gasteiger partial charge in [-0.3, -0.25) is 10.1 Å². The Morgan fingerprint density at radius 3 is 2.91 bits per heavy atom. The third-order valence-electron chi connectivity index (χ3n) is 2.02. The zero-order chi connectivity index (χ0) is 7.84. The first-order valence-corrected chi connectivity index (χ1v) is 3.53. The fourth-order valence-electron chi connectivity index (χ4n) is 1.45. The molecule has 0 aliphatic heterocycles. The van der Waals surface area contributed by atoms with Gasteiger partial charge in [-0.1, -0.05) is 6.07 Å². The first-order valence-electron chi connectivity index (χ1n) is 3.53. The number of nitro benzene ring substituents is 1. The summed E-state index contributed by atoms with van der Waals surface area (Å²) in [5.74, 6) is 0. The fourth-order valence-corrected chi connectivity index (χ4v) is 1.45. The molecule has 56 valence electrons. The quantitative estimate of drug-likeness (QED) is 0.450. The van der Waals surface area contributed by atoms with Gasteiger partial charge in [0.05, 0.1) is 4.92 Å². The average Bonchev–Trinajstić information content (AvgIpc) is 2.32. The van der Waals surface area contributed by atoms with E-state index in [1.54, 1.807) is 6.07 Å². The van der Waals surface area contributed by atoms with Crippen molar-refractivity contribution in [3.8, 4) is 0 Å². The van der Waals surface area contributed by atoms with Crippen LogP contribution in [0, 0.1) is 10.1 Å². The van der Waals surface area contributed by atoms with Crippen LogP contribution in [0.4, 0.5) is 5.69 Å². The molecular formula is C8H7NO2.